The SMILES string of the molecule is COc1cc2c3c(c1O)-c1c(ccc(OC)c1OC)CCC3N(C)CC2. The van der Waals surface area contributed by atoms with Gasteiger partial charge in [0.05, 0.1) is 21.3 Å². The lowest BCUT2D eigenvalue weighted by Gasteiger charge is -2.35. The highest BCUT2D eigenvalue weighted by Crippen LogP contribution is 2.54. The van der Waals surface area contributed by atoms with E-state index in [1.165, 1.54) is 11.1 Å². The van der Waals surface area contributed by atoms with Crippen LogP contribution in [0.25, 0.3) is 11.1 Å². The standard InChI is InChI=1S/C21H25NO4/c1-22-10-9-13-11-16(25-3)20(23)19-17(13)14(22)7-5-12-6-8-15(24-2)21(26-4)18(12)19/h6,8,11,14,23H,5,7,9-10H2,1-4H3. The molecule has 1 unspecified atom stereocenters. The minimum Gasteiger partial charge on any atom is -0.504 e. The molecule has 4 rings (SSSR count). The molecule has 26 heavy (non-hydrogen) atoms. The summed E-state index contributed by atoms with van der Waals surface area (Å²) in [6.07, 6.45) is 2.86. The molecule has 2 aliphatic rings. The highest BCUT2D eigenvalue weighted by molar-refractivity contribution is 5.87. The van der Waals surface area contributed by atoms with Gasteiger partial charge in [0.2, 0.25) is 0 Å². The quantitative estimate of drug-likeness (QED) is 0.912. The van der Waals surface area contributed by atoms with Crippen LogP contribution >= 0.6 is 0 Å². The van der Waals surface area contributed by atoms with E-state index < -0.39 is 0 Å². The topological polar surface area (TPSA) is 51.2 Å². The molecule has 0 saturated carbocycles. The molecule has 0 aromatic heterocycles. The number of nitrogens with zero attached hydrogens (tertiary/aromatic N) is 1. The van der Waals surface area contributed by atoms with Crippen LogP contribution in [0, 0.1) is 0 Å². The van der Waals surface area contributed by atoms with Crippen molar-refractivity contribution in [2.24, 2.45) is 0 Å². The molecule has 2 aromatic carbocycles. The number of phenols is 1. The van der Waals surface area contributed by atoms with E-state index in [0.717, 1.165) is 42.5 Å². The van der Waals surface area contributed by atoms with Gasteiger partial charge in [0.25, 0.3) is 0 Å². The van der Waals surface area contributed by atoms with Gasteiger partial charge in [0.1, 0.15) is 0 Å². The average Bonchev–Trinajstić information content (AvgIpc) is 2.84. The summed E-state index contributed by atoms with van der Waals surface area (Å²) < 4.78 is 16.8. The van der Waals surface area contributed by atoms with E-state index in [0.29, 0.717) is 17.2 Å². The van der Waals surface area contributed by atoms with Gasteiger partial charge in [-0.05, 0) is 55.1 Å². The number of rotatable bonds is 3. The first-order valence-corrected chi connectivity index (χ1v) is 8.97. The summed E-state index contributed by atoms with van der Waals surface area (Å²) in [5, 5.41) is 11.1. The van der Waals surface area contributed by atoms with E-state index in [-0.39, 0.29) is 11.8 Å². The number of phenolic OH excluding ortho intramolecular Hbond substituents is 1. The molecule has 1 aliphatic heterocycles. The van der Waals surface area contributed by atoms with Crippen LogP contribution in [0.5, 0.6) is 23.0 Å². The number of ether oxygens (including phenoxy) is 3. The Kier molecular flexibility index (Phi) is 4.19. The number of fused-ring (bicyclic) bond motifs is 2. The first-order valence-electron chi connectivity index (χ1n) is 8.97. The predicted molar refractivity (Wildman–Crippen MR) is 101 cm³/mol. The van der Waals surface area contributed by atoms with Crippen molar-refractivity contribution in [1.29, 1.82) is 0 Å². The van der Waals surface area contributed by atoms with Gasteiger partial charge in [0.15, 0.2) is 23.0 Å². The van der Waals surface area contributed by atoms with Crippen LogP contribution in [0.1, 0.15) is 29.2 Å². The molecule has 0 fully saturated rings. The number of hydrogen-bond donors (Lipinski definition) is 1. The number of aryl methyl sites for hydroxylation is 1. The fraction of sp³-hybridized carbons (Fsp3) is 0.429. The van der Waals surface area contributed by atoms with Gasteiger partial charge in [-0.3, -0.25) is 4.90 Å². The third-order valence-electron chi connectivity index (χ3n) is 5.78. The zero-order valence-corrected chi connectivity index (χ0v) is 15.8. The lowest BCUT2D eigenvalue weighted by molar-refractivity contribution is 0.220. The molecule has 0 radical (unpaired) electrons. The number of hydrogen-bond acceptors (Lipinski definition) is 5. The first kappa shape index (κ1) is 17.0. The van der Waals surface area contributed by atoms with Crippen molar-refractivity contribution in [2.75, 3.05) is 34.9 Å². The van der Waals surface area contributed by atoms with E-state index in [1.807, 2.05) is 12.1 Å². The van der Waals surface area contributed by atoms with E-state index in [2.05, 4.69) is 18.0 Å². The largest absolute Gasteiger partial charge is 0.504 e. The van der Waals surface area contributed by atoms with Gasteiger partial charge < -0.3 is 19.3 Å². The Bertz CT molecular complexity index is 862. The normalized spacial score (nSPS) is 18.5. The zero-order valence-electron chi connectivity index (χ0n) is 15.8. The molecule has 0 spiro atoms. The molecule has 0 bridgehead atoms. The second-order valence-corrected chi connectivity index (χ2v) is 7.00. The summed E-state index contributed by atoms with van der Waals surface area (Å²) in [4.78, 5) is 2.38. The fourth-order valence-corrected chi connectivity index (χ4v) is 4.49. The molecule has 138 valence electrons. The van der Waals surface area contributed by atoms with Gasteiger partial charge in [-0.2, -0.15) is 0 Å². The van der Waals surface area contributed by atoms with Crippen LogP contribution in [0.2, 0.25) is 0 Å². The molecule has 1 aliphatic carbocycles. The van der Waals surface area contributed by atoms with Crippen LogP contribution in [0.3, 0.4) is 0 Å². The van der Waals surface area contributed by atoms with E-state index in [9.17, 15) is 5.11 Å². The minimum atomic E-state index is 0.182. The Morgan fingerprint density at radius 3 is 2.42 bits per heavy atom. The summed E-state index contributed by atoms with van der Waals surface area (Å²) in [6.45, 7) is 1.00. The fourth-order valence-electron chi connectivity index (χ4n) is 4.49. The molecule has 5 heteroatoms. The Labute approximate surface area is 154 Å². The molecule has 0 amide bonds. The zero-order chi connectivity index (χ0) is 18.4. The van der Waals surface area contributed by atoms with Crippen LogP contribution in [-0.4, -0.2) is 44.9 Å². The van der Waals surface area contributed by atoms with Gasteiger partial charge >= 0.3 is 0 Å². The second-order valence-electron chi connectivity index (χ2n) is 7.00. The molecule has 0 saturated heterocycles. The monoisotopic (exact) mass is 355 g/mol. The Balaban J connectivity index is 2.12. The van der Waals surface area contributed by atoms with Gasteiger partial charge in [0, 0.05) is 23.7 Å². The molecular formula is C21H25NO4. The summed E-state index contributed by atoms with van der Waals surface area (Å²) in [5.74, 6) is 2.04. The molecule has 1 N–H and O–H groups in total. The Morgan fingerprint density at radius 2 is 1.73 bits per heavy atom. The van der Waals surface area contributed by atoms with Gasteiger partial charge in [-0.25, -0.2) is 0 Å². The third-order valence-corrected chi connectivity index (χ3v) is 5.78. The first-order chi connectivity index (χ1) is 12.6. The molecule has 2 aromatic rings. The molecule has 5 nitrogen and oxygen atoms in total. The van der Waals surface area contributed by atoms with Gasteiger partial charge in [-0.15, -0.1) is 0 Å². The summed E-state index contributed by atoms with van der Waals surface area (Å²) in [7, 11) is 7.04. The van der Waals surface area contributed by atoms with Crippen molar-refractivity contribution >= 4 is 0 Å². The van der Waals surface area contributed by atoms with E-state index >= 15 is 0 Å². The van der Waals surface area contributed by atoms with Crippen LogP contribution in [0.15, 0.2) is 18.2 Å². The van der Waals surface area contributed by atoms with E-state index in [4.69, 9.17) is 14.2 Å². The highest BCUT2D eigenvalue weighted by atomic mass is 16.5. The smallest absolute Gasteiger partial charge is 0.168 e. The van der Waals surface area contributed by atoms with Gasteiger partial charge in [-0.1, -0.05) is 6.07 Å². The summed E-state index contributed by atoms with van der Waals surface area (Å²) >= 11 is 0. The average molecular weight is 355 g/mol. The molecule has 1 heterocycles. The predicted octanol–water partition coefficient (Wildman–Crippen LogP) is 3.56. The maximum Gasteiger partial charge on any atom is 0.168 e. The van der Waals surface area contributed by atoms with Crippen LogP contribution in [0.4, 0.5) is 0 Å². The molecule has 1 atom stereocenters. The summed E-state index contributed by atoms with van der Waals surface area (Å²) in [6, 6.07) is 6.29. The van der Waals surface area contributed by atoms with Crippen molar-refractivity contribution in [2.45, 2.75) is 25.3 Å². The Morgan fingerprint density at radius 1 is 0.962 bits per heavy atom. The highest BCUT2D eigenvalue weighted by Gasteiger charge is 2.35. The van der Waals surface area contributed by atoms with Crippen molar-refractivity contribution in [1.82, 2.24) is 4.90 Å². The maximum atomic E-state index is 11.1. The van der Waals surface area contributed by atoms with Crippen LogP contribution < -0.4 is 14.2 Å². The lowest BCUT2D eigenvalue weighted by atomic mass is 9.85. The van der Waals surface area contributed by atoms with E-state index in [1.54, 1.807) is 21.3 Å². The van der Waals surface area contributed by atoms with Crippen LogP contribution in [-0.2, 0) is 12.8 Å². The third kappa shape index (κ3) is 2.34. The number of methoxy groups -OCH3 is 3. The van der Waals surface area contributed by atoms with Crippen molar-refractivity contribution in [3.63, 3.8) is 0 Å². The number of benzene rings is 2. The number of aromatic hydroxyl groups is 1. The minimum absolute atomic E-state index is 0.182. The lowest BCUT2D eigenvalue weighted by Crippen LogP contribution is -2.32. The summed E-state index contributed by atoms with van der Waals surface area (Å²) in [5.41, 5.74) is 5.37. The number of likely N-dealkylation sites (N-methyl/N-ethyl adjacent to an activating group) is 1. The van der Waals surface area contributed by atoms with Crippen molar-refractivity contribution in [3.05, 3.63) is 34.9 Å². The maximum absolute atomic E-state index is 11.1. The van der Waals surface area contributed by atoms with Crippen molar-refractivity contribution in [3.8, 4) is 34.1 Å². The van der Waals surface area contributed by atoms with Crippen molar-refractivity contribution < 1.29 is 19.3 Å². The molecular weight excluding hydrogens is 330 g/mol. The second kappa shape index (κ2) is 6.40. The Hall–Kier alpha value is -2.40.